The first-order valence-corrected chi connectivity index (χ1v) is 6.55. The number of amides is 1. The fraction of sp³-hybridized carbons (Fsp3) is 0.467. The highest BCUT2D eigenvalue weighted by Gasteiger charge is 2.19. The molecule has 1 rings (SSSR count). The van der Waals surface area contributed by atoms with Crippen LogP contribution in [0, 0.1) is 5.92 Å². The SMILES string of the molecule is CC(C)CC(=O)NC(CCc1ccccc1)C(=O)O. The van der Waals surface area contributed by atoms with Crippen molar-refractivity contribution in [2.24, 2.45) is 5.92 Å². The third kappa shape index (κ3) is 6.04. The highest BCUT2D eigenvalue weighted by atomic mass is 16.4. The maximum atomic E-state index is 11.6. The lowest BCUT2D eigenvalue weighted by atomic mass is 10.0. The van der Waals surface area contributed by atoms with Crippen molar-refractivity contribution in [3.05, 3.63) is 35.9 Å². The summed E-state index contributed by atoms with van der Waals surface area (Å²) in [5.74, 6) is -0.952. The van der Waals surface area contributed by atoms with Gasteiger partial charge in [-0.1, -0.05) is 44.2 Å². The normalized spacial score (nSPS) is 12.2. The lowest BCUT2D eigenvalue weighted by molar-refractivity contribution is -0.142. The Kier molecular flexibility index (Phi) is 6.06. The smallest absolute Gasteiger partial charge is 0.326 e. The molecule has 2 N–H and O–H groups in total. The largest absolute Gasteiger partial charge is 0.480 e. The Morgan fingerprint density at radius 3 is 2.37 bits per heavy atom. The van der Waals surface area contributed by atoms with Gasteiger partial charge in [-0.3, -0.25) is 4.79 Å². The molecule has 1 unspecified atom stereocenters. The van der Waals surface area contributed by atoms with Gasteiger partial charge in [-0.05, 0) is 24.3 Å². The van der Waals surface area contributed by atoms with E-state index in [9.17, 15) is 9.59 Å². The number of carboxylic acid groups (broad SMARTS) is 1. The molecule has 1 atom stereocenters. The van der Waals surface area contributed by atoms with E-state index in [4.69, 9.17) is 5.11 Å². The molecule has 0 radical (unpaired) electrons. The van der Waals surface area contributed by atoms with Gasteiger partial charge in [-0.2, -0.15) is 0 Å². The minimum Gasteiger partial charge on any atom is -0.480 e. The summed E-state index contributed by atoms with van der Waals surface area (Å²) in [5.41, 5.74) is 1.08. The lowest BCUT2D eigenvalue weighted by Crippen LogP contribution is -2.41. The first-order valence-electron chi connectivity index (χ1n) is 6.55. The maximum absolute atomic E-state index is 11.6. The predicted molar refractivity (Wildman–Crippen MR) is 73.8 cm³/mol. The molecule has 0 saturated heterocycles. The molecule has 1 aromatic rings. The van der Waals surface area contributed by atoms with Crippen LogP contribution in [0.1, 0.15) is 32.3 Å². The number of rotatable bonds is 7. The zero-order valence-electron chi connectivity index (χ0n) is 11.4. The highest BCUT2D eigenvalue weighted by molar-refractivity contribution is 5.83. The van der Waals surface area contributed by atoms with E-state index in [0.717, 1.165) is 5.56 Å². The number of aryl methyl sites for hydroxylation is 1. The summed E-state index contributed by atoms with van der Waals surface area (Å²) in [6, 6.07) is 8.85. The van der Waals surface area contributed by atoms with Crippen molar-refractivity contribution in [1.82, 2.24) is 5.32 Å². The third-order valence-electron chi connectivity index (χ3n) is 2.79. The van der Waals surface area contributed by atoms with Gasteiger partial charge in [-0.25, -0.2) is 4.79 Å². The minimum atomic E-state index is -0.979. The number of carboxylic acids is 1. The number of hydrogen-bond acceptors (Lipinski definition) is 2. The molecule has 0 aromatic heterocycles. The van der Waals surface area contributed by atoms with Gasteiger partial charge in [0.15, 0.2) is 0 Å². The molecule has 19 heavy (non-hydrogen) atoms. The van der Waals surface area contributed by atoms with E-state index in [1.807, 2.05) is 44.2 Å². The van der Waals surface area contributed by atoms with Crippen LogP contribution in [-0.2, 0) is 16.0 Å². The van der Waals surface area contributed by atoms with E-state index in [-0.39, 0.29) is 11.8 Å². The van der Waals surface area contributed by atoms with Crippen LogP contribution in [0.5, 0.6) is 0 Å². The van der Waals surface area contributed by atoms with Crippen molar-refractivity contribution < 1.29 is 14.7 Å². The zero-order valence-corrected chi connectivity index (χ0v) is 11.4. The Hall–Kier alpha value is -1.84. The van der Waals surface area contributed by atoms with Crippen LogP contribution in [-0.4, -0.2) is 23.0 Å². The van der Waals surface area contributed by atoms with Crippen molar-refractivity contribution in [3.63, 3.8) is 0 Å². The molecule has 0 bridgehead atoms. The van der Waals surface area contributed by atoms with Gasteiger partial charge in [-0.15, -0.1) is 0 Å². The summed E-state index contributed by atoms with van der Waals surface area (Å²) < 4.78 is 0. The summed E-state index contributed by atoms with van der Waals surface area (Å²) in [4.78, 5) is 22.7. The van der Waals surface area contributed by atoms with E-state index in [0.29, 0.717) is 19.3 Å². The molecule has 1 amide bonds. The van der Waals surface area contributed by atoms with Crippen molar-refractivity contribution in [3.8, 4) is 0 Å². The number of nitrogens with one attached hydrogen (secondary N) is 1. The lowest BCUT2D eigenvalue weighted by Gasteiger charge is -2.15. The first-order chi connectivity index (χ1) is 8.99. The van der Waals surface area contributed by atoms with Crippen molar-refractivity contribution in [1.29, 1.82) is 0 Å². The molecular weight excluding hydrogens is 242 g/mol. The summed E-state index contributed by atoms with van der Waals surface area (Å²) >= 11 is 0. The molecule has 0 fully saturated rings. The number of aliphatic carboxylic acids is 1. The van der Waals surface area contributed by atoms with Crippen LogP contribution in [0.15, 0.2) is 30.3 Å². The number of carbonyl (C=O) groups is 2. The van der Waals surface area contributed by atoms with E-state index in [1.165, 1.54) is 0 Å². The van der Waals surface area contributed by atoms with Crippen LogP contribution in [0.2, 0.25) is 0 Å². The number of hydrogen-bond donors (Lipinski definition) is 2. The Labute approximate surface area is 113 Å². The van der Waals surface area contributed by atoms with Crippen LogP contribution in [0.3, 0.4) is 0 Å². The maximum Gasteiger partial charge on any atom is 0.326 e. The third-order valence-corrected chi connectivity index (χ3v) is 2.79. The van der Waals surface area contributed by atoms with Crippen molar-refractivity contribution in [2.45, 2.75) is 39.2 Å². The summed E-state index contributed by atoms with van der Waals surface area (Å²) in [5, 5.41) is 11.7. The van der Waals surface area contributed by atoms with Crippen LogP contribution in [0.25, 0.3) is 0 Å². The molecule has 104 valence electrons. The standard InChI is InChI=1S/C15H21NO3/c1-11(2)10-14(17)16-13(15(18)19)9-8-12-6-4-3-5-7-12/h3-7,11,13H,8-10H2,1-2H3,(H,16,17)(H,18,19). The molecule has 4 nitrogen and oxygen atoms in total. The summed E-state index contributed by atoms with van der Waals surface area (Å²) in [6.07, 6.45) is 1.40. The van der Waals surface area contributed by atoms with Gasteiger partial charge in [0.05, 0.1) is 0 Å². The van der Waals surface area contributed by atoms with Gasteiger partial charge in [0.2, 0.25) is 5.91 Å². The van der Waals surface area contributed by atoms with Crippen LogP contribution >= 0.6 is 0 Å². The molecule has 0 spiro atoms. The molecule has 4 heteroatoms. The zero-order chi connectivity index (χ0) is 14.3. The van der Waals surface area contributed by atoms with Crippen LogP contribution in [0.4, 0.5) is 0 Å². The fourth-order valence-corrected chi connectivity index (χ4v) is 1.84. The van der Waals surface area contributed by atoms with Crippen molar-refractivity contribution in [2.75, 3.05) is 0 Å². The second-order valence-corrected chi connectivity index (χ2v) is 5.08. The fourth-order valence-electron chi connectivity index (χ4n) is 1.84. The van der Waals surface area contributed by atoms with Crippen LogP contribution < -0.4 is 5.32 Å². The Bertz CT molecular complexity index is 415. The average molecular weight is 263 g/mol. The van der Waals surface area contributed by atoms with E-state index >= 15 is 0 Å². The molecule has 1 aromatic carbocycles. The second kappa shape index (κ2) is 7.56. The Morgan fingerprint density at radius 1 is 1.21 bits per heavy atom. The number of benzene rings is 1. The summed E-state index contributed by atoms with van der Waals surface area (Å²) in [6.45, 7) is 3.86. The number of carbonyl (C=O) groups excluding carboxylic acids is 1. The van der Waals surface area contributed by atoms with Gasteiger partial charge < -0.3 is 10.4 Å². The topological polar surface area (TPSA) is 66.4 Å². The van der Waals surface area contributed by atoms with Gasteiger partial charge in [0, 0.05) is 6.42 Å². The molecule has 0 aliphatic carbocycles. The molecule has 0 saturated carbocycles. The van der Waals surface area contributed by atoms with Crippen molar-refractivity contribution >= 4 is 11.9 Å². The average Bonchev–Trinajstić information content (AvgIpc) is 2.34. The summed E-state index contributed by atoms with van der Waals surface area (Å²) in [7, 11) is 0. The Morgan fingerprint density at radius 2 is 1.84 bits per heavy atom. The molecular formula is C15H21NO3. The predicted octanol–water partition coefficient (Wildman–Crippen LogP) is 2.23. The Balaban J connectivity index is 2.49. The second-order valence-electron chi connectivity index (χ2n) is 5.08. The highest BCUT2D eigenvalue weighted by Crippen LogP contribution is 2.06. The van der Waals surface area contributed by atoms with Gasteiger partial charge >= 0.3 is 5.97 Å². The van der Waals surface area contributed by atoms with E-state index < -0.39 is 12.0 Å². The van der Waals surface area contributed by atoms with Gasteiger partial charge in [0.25, 0.3) is 0 Å². The van der Waals surface area contributed by atoms with Gasteiger partial charge in [0.1, 0.15) is 6.04 Å². The van der Waals surface area contributed by atoms with E-state index in [2.05, 4.69) is 5.32 Å². The quantitative estimate of drug-likeness (QED) is 0.792. The molecule has 0 aliphatic rings. The monoisotopic (exact) mass is 263 g/mol. The molecule has 0 heterocycles. The molecule has 0 aliphatic heterocycles. The first kappa shape index (κ1) is 15.2. The van der Waals surface area contributed by atoms with E-state index in [1.54, 1.807) is 0 Å². The minimum absolute atomic E-state index is 0.199.